The fourth-order valence-corrected chi connectivity index (χ4v) is 2.14. The van der Waals surface area contributed by atoms with Crippen LogP contribution in [0.5, 0.6) is 0 Å². The van der Waals surface area contributed by atoms with Gasteiger partial charge in [0.2, 0.25) is 5.91 Å². The van der Waals surface area contributed by atoms with Crippen LogP contribution < -0.4 is 5.32 Å². The Labute approximate surface area is 122 Å². The highest BCUT2D eigenvalue weighted by molar-refractivity contribution is 5.76. The lowest BCUT2D eigenvalue weighted by Crippen LogP contribution is -2.27. The smallest absolute Gasteiger partial charge is 0.220 e. The number of amides is 1. The van der Waals surface area contributed by atoms with E-state index in [1.165, 1.54) is 0 Å². The van der Waals surface area contributed by atoms with Crippen LogP contribution in [0.25, 0.3) is 0 Å². The molecule has 0 radical (unpaired) electrons. The van der Waals surface area contributed by atoms with E-state index in [1.807, 2.05) is 30.3 Å². The summed E-state index contributed by atoms with van der Waals surface area (Å²) in [4.78, 5) is 11.9. The van der Waals surface area contributed by atoms with Crippen molar-refractivity contribution in [2.45, 2.75) is 25.8 Å². The quantitative estimate of drug-likeness (QED) is 0.892. The summed E-state index contributed by atoms with van der Waals surface area (Å²) in [7, 11) is 0. The molecule has 0 heterocycles. The molecule has 0 aliphatic heterocycles. The molecule has 1 amide bonds. The zero-order valence-electron chi connectivity index (χ0n) is 11.8. The number of hydrogen-bond donors (Lipinski definition) is 1. The molecule has 21 heavy (non-hydrogen) atoms. The Balaban J connectivity index is 1.91. The van der Waals surface area contributed by atoms with Gasteiger partial charge in [-0.05, 0) is 37.1 Å². The molecule has 0 aromatic heterocycles. The van der Waals surface area contributed by atoms with Crippen LogP contribution >= 0.6 is 0 Å². The summed E-state index contributed by atoms with van der Waals surface area (Å²) < 4.78 is 26.7. The molecule has 2 nitrogen and oxygen atoms in total. The van der Waals surface area contributed by atoms with Crippen molar-refractivity contribution in [1.82, 2.24) is 5.32 Å². The van der Waals surface area contributed by atoms with Crippen LogP contribution in [0.4, 0.5) is 8.78 Å². The molecule has 0 saturated heterocycles. The van der Waals surface area contributed by atoms with Crippen molar-refractivity contribution < 1.29 is 13.6 Å². The van der Waals surface area contributed by atoms with Gasteiger partial charge in [0.15, 0.2) is 0 Å². The Morgan fingerprint density at radius 2 is 1.86 bits per heavy atom. The number of carbonyl (C=O) groups excluding carboxylic acids is 1. The van der Waals surface area contributed by atoms with Crippen LogP contribution in [-0.4, -0.2) is 5.91 Å². The molecule has 1 unspecified atom stereocenters. The molecule has 1 atom stereocenters. The summed E-state index contributed by atoms with van der Waals surface area (Å²) in [5.41, 5.74) is 1.22. The van der Waals surface area contributed by atoms with Crippen molar-refractivity contribution in [2.75, 3.05) is 0 Å². The molecule has 0 saturated carbocycles. The average molecular weight is 289 g/mol. The number of carbonyl (C=O) groups is 1. The second-order valence-corrected chi connectivity index (χ2v) is 4.94. The van der Waals surface area contributed by atoms with Crippen LogP contribution in [-0.2, 0) is 11.2 Å². The van der Waals surface area contributed by atoms with Gasteiger partial charge in [-0.1, -0.05) is 30.3 Å². The maximum Gasteiger partial charge on any atom is 0.220 e. The molecule has 110 valence electrons. The second-order valence-electron chi connectivity index (χ2n) is 4.94. The van der Waals surface area contributed by atoms with Crippen LogP contribution in [0.3, 0.4) is 0 Å². The Kier molecular flexibility index (Phi) is 5.04. The number of aryl methyl sites for hydroxylation is 1. The SMILES string of the molecule is CC(NC(=O)CCc1ccccc1)c1cc(F)ccc1F. The lowest BCUT2D eigenvalue weighted by molar-refractivity contribution is -0.121. The molecule has 4 heteroatoms. The molecular formula is C17H17F2NO. The predicted molar refractivity (Wildman–Crippen MR) is 77.7 cm³/mol. The van der Waals surface area contributed by atoms with Crippen LogP contribution in [0.2, 0.25) is 0 Å². The average Bonchev–Trinajstić information content (AvgIpc) is 2.48. The van der Waals surface area contributed by atoms with Crippen molar-refractivity contribution in [3.05, 3.63) is 71.3 Å². The Morgan fingerprint density at radius 1 is 1.14 bits per heavy atom. The summed E-state index contributed by atoms with van der Waals surface area (Å²) in [5.74, 6) is -1.22. The van der Waals surface area contributed by atoms with E-state index in [4.69, 9.17) is 0 Å². The minimum atomic E-state index is -0.566. The van der Waals surface area contributed by atoms with Crippen molar-refractivity contribution >= 4 is 5.91 Å². The third-order valence-electron chi connectivity index (χ3n) is 3.29. The first-order chi connectivity index (χ1) is 10.1. The number of halogens is 2. The van der Waals surface area contributed by atoms with E-state index in [9.17, 15) is 13.6 Å². The van der Waals surface area contributed by atoms with Gasteiger partial charge in [0.05, 0.1) is 6.04 Å². The maximum atomic E-state index is 13.6. The third kappa shape index (κ3) is 4.38. The highest BCUT2D eigenvalue weighted by Crippen LogP contribution is 2.18. The van der Waals surface area contributed by atoms with E-state index < -0.39 is 17.7 Å². The van der Waals surface area contributed by atoms with Gasteiger partial charge in [0, 0.05) is 12.0 Å². The second kappa shape index (κ2) is 6.97. The minimum absolute atomic E-state index is 0.156. The topological polar surface area (TPSA) is 29.1 Å². The Bertz CT molecular complexity index is 613. The fourth-order valence-electron chi connectivity index (χ4n) is 2.14. The summed E-state index contributed by atoms with van der Waals surface area (Å²) in [5, 5.41) is 2.69. The summed E-state index contributed by atoms with van der Waals surface area (Å²) >= 11 is 0. The molecule has 0 aliphatic carbocycles. The van der Waals surface area contributed by atoms with E-state index in [1.54, 1.807) is 6.92 Å². The van der Waals surface area contributed by atoms with E-state index in [-0.39, 0.29) is 11.5 Å². The van der Waals surface area contributed by atoms with Crippen molar-refractivity contribution in [3.8, 4) is 0 Å². The fraction of sp³-hybridized carbons (Fsp3) is 0.235. The number of benzene rings is 2. The van der Waals surface area contributed by atoms with Gasteiger partial charge in [-0.25, -0.2) is 8.78 Å². The molecular weight excluding hydrogens is 272 g/mol. The highest BCUT2D eigenvalue weighted by Gasteiger charge is 2.14. The zero-order chi connectivity index (χ0) is 15.2. The summed E-state index contributed by atoms with van der Waals surface area (Å²) in [6, 6.07) is 12.3. The van der Waals surface area contributed by atoms with Gasteiger partial charge in [0.25, 0.3) is 0 Å². The lowest BCUT2D eigenvalue weighted by Gasteiger charge is -2.15. The van der Waals surface area contributed by atoms with Gasteiger partial charge in [-0.15, -0.1) is 0 Å². The van der Waals surface area contributed by atoms with Crippen molar-refractivity contribution in [1.29, 1.82) is 0 Å². The Morgan fingerprint density at radius 3 is 2.57 bits per heavy atom. The van der Waals surface area contributed by atoms with E-state index in [0.717, 1.165) is 23.8 Å². The van der Waals surface area contributed by atoms with Gasteiger partial charge < -0.3 is 5.32 Å². The number of nitrogens with one attached hydrogen (secondary N) is 1. The zero-order valence-corrected chi connectivity index (χ0v) is 11.8. The molecule has 2 rings (SSSR count). The van der Waals surface area contributed by atoms with Gasteiger partial charge in [-0.3, -0.25) is 4.79 Å². The van der Waals surface area contributed by atoms with E-state index in [0.29, 0.717) is 12.8 Å². The van der Waals surface area contributed by atoms with Crippen molar-refractivity contribution in [3.63, 3.8) is 0 Å². The molecule has 0 fully saturated rings. The van der Waals surface area contributed by atoms with E-state index in [2.05, 4.69) is 5.32 Å². The standard InChI is InChI=1S/C17H17F2NO/c1-12(15-11-14(18)8-9-16(15)19)20-17(21)10-7-13-5-3-2-4-6-13/h2-6,8-9,11-12H,7,10H2,1H3,(H,20,21). The van der Waals surface area contributed by atoms with Gasteiger partial charge in [-0.2, -0.15) is 0 Å². The monoisotopic (exact) mass is 289 g/mol. The number of hydrogen-bond acceptors (Lipinski definition) is 1. The molecule has 1 N–H and O–H groups in total. The molecule has 0 bridgehead atoms. The summed E-state index contributed by atoms with van der Waals surface area (Å²) in [6.45, 7) is 1.64. The molecule has 2 aromatic rings. The summed E-state index contributed by atoms with van der Waals surface area (Å²) in [6.07, 6.45) is 0.927. The molecule has 0 aliphatic rings. The molecule has 2 aromatic carbocycles. The first-order valence-corrected chi connectivity index (χ1v) is 6.84. The van der Waals surface area contributed by atoms with Gasteiger partial charge >= 0.3 is 0 Å². The minimum Gasteiger partial charge on any atom is -0.349 e. The van der Waals surface area contributed by atoms with Crippen LogP contribution in [0.1, 0.15) is 30.5 Å². The first kappa shape index (κ1) is 15.2. The lowest BCUT2D eigenvalue weighted by atomic mass is 10.1. The number of rotatable bonds is 5. The normalized spacial score (nSPS) is 12.0. The molecule has 0 spiro atoms. The third-order valence-corrected chi connectivity index (χ3v) is 3.29. The van der Waals surface area contributed by atoms with Crippen LogP contribution in [0.15, 0.2) is 48.5 Å². The predicted octanol–water partition coefficient (Wildman–Crippen LogP) is 3.77. The van der Waals surface area contributed by atoms with E-state index >= 15 is 0 Å². The highest BCUT2D eigenvalue weighted by atomic mass is 19.1. The van der Waals surface area contributed by atoms with Crippen LogP contribution in [0, 0.1) is 11.6 Å². The Hall–Kier alpha value is -2.23. The largest absolute Gasteiger partial charge is 0.349 e. The van der Waals surface area contributed by atoms with Crippen molar-refractivity contribution in [2.24, 2.45) is 0 Å². The maximum absolute atomic E-state index is 13.6. The van der Waals surface area contributed by atoms with Gasteiger partial charge in [0.1, 0.15) is 11.6 Å². The first-order valence-electron chi connectivity index (χ1n) is 6.84.